The van der Waals surface area contributed by atoms with Gasteiger partial charge in [0.15, 0.2) is 0 Å². The molecule has 1 aliphatic rings. The molecule has 1 heterocycles. The first-order valence-electron chi connectivity index (χ1n) is 6.49. The van der Waals surface area contributed by atoms with Crippen LogP contribution in [0.2, 0.25) is 0 Å². The third kappa shape index (κ3) is 2.62. The molecule has 0 bridgehead atoms. The van der Waals surface area contributed by atoms with Crippen molar-refractivity contribution >= 4 is 17.3 Å². The van der Waals surface area contributed by atoms with E-state index in [2.05, 4.69) is 24.8 Å². The molecule has 1 aromatic carbocycles. The lowest BCUT2D eigenvalue weighted by atomic mass is 9.88. The average molecular weight is 263 g/mol. The molecule has 0 aromatic heterocycles. The van der Waals surface area contributed by atoms with Crippen LogP contribution >= 0.6 is 11.6 Å². The predicted molar refractivity (Wildman–Crippen MR) is 75.9 cm³/mol. The molecule has 0 N–H and O–H groups in total. The molecular weight excluding hydrogens is 244 g/mol. The molecular formula is C15H19ClN2. The highest BCUT2D eigenvalue weighted by Crippen LogP contribution is 2.29. The van der Waals surface area contributed by atoms with Gasteiger partial charge < -0.3 is 4.90 Å². The topological polar surface area (TPSA) is 27.0 Å². The summed E-state index contributed by atoms with van der Waals surface area (Å²) >= 11 is 5.81. The van der Waals surface area contributed by atoms with Crippen LogP contribution in [0, 0.1) is 23.2 Å². The molecule has 1 aromatic rings. The van der Waals surface area contributed by atoms with Crippen LogP contribution in [0.1, 0.15) is 31.4 Å². The Kier molecular flexibility index (Phi) is 4.14. The number of anilines is 1. The Morgan fingerprint density at radius 1 is 1.39 bits per heavy atom. The Balaban J connectivity index is 2.26. The van der Waals surface area contributed by atoms with E-state index in [1.807, 2.05) is 18.2 Å². The SMILES string of the molecule is CC1CCN(c2ccc(CCl)cc2C#N)CC1C. The number of halogens is 1. The molecule has 0 saturated carbocycles. The van der Waals surface area contributed by atoms with E-state index in [9.17, 15) is 5.26 Å². The number of rotatable bonds is 2. The molecule has 3 heteroatoms. The van der Waals surface area contributed by atoms with E-state index in [1.54, 1.807) is 0 Å². The Labute approximate surface area is 114 Å². The highest BCUT2D eigenvalue weighted by atomic mass is 35.5. The maximum absolute atomic E-state index is 9.27. The molecule has 0 amide bonds. The maximum atomic E-state index is 9.27. The van der Waals surface area contributed by atoms with Gasteiger partial charge >= 0.3 is 0 Å². The Morgan fingerprint density at radius 2 is 2.17 bits per heavy atom. The van der Waals surface area contributed by atoms with Gasteiger partial charge in [-0.15, -0.1) is 11.6 Å². The minimum atomic E-state index is 0.461. The predicted octanol–water partition coefficient (Wildman–Crippen LogP) is 3.78. The smallest absolute Gasteiger partial charge is 0.101 e. The van der Waals surface area contributed by atoms with Gasteiger partial charge in [-0.25, -0.2) is 0 Å². The molecule has 0 spiro atoms. The van der Waals surface area contributed by atoms with Crippen molar-refractivity contribution in [3.8, 4) is 6.07 Å². The standard InChI is InChI=1S/C15H19ClN2/c1-11-5-6-18(10-12(11)2)15-4-3-13(8-16)7-14(15)9-17/h3-4,7,11-12H,5-6,8,10H2,1-2H3. The first-order valence-corrected chi connectivity index (χ1v) is 7.03. The minimum Gasteiger partial charge on any atom is -0.370 e. The molecule has 18 heavy (non-hydrogen) atoms. The van der Waals surface area contributed by atoms with E-state index >= 15 is 0 Å². The summed E-state index contributed by atoms with van der Waals surface area (Å²) in [6.45, 7) is 6.68. The highest BCUT2D eigenvalue weighted by molar-refractivity contribution is 6.17. The van der Waals surface area contributed by atoms with Gasteiger partial charge in [0.2, 0.25) is 0 Å². The quantitative estimate of drug-likeness (QED) is 0.759. The van der Waals surface area contributed by atoms with E-state index in [0.717, 1.165) is 35.8 Å². The van der Waals surface area contributed by atoms with Crippen molar-refractivity contribution in [2.75, 3.05) is 18.0 Å². The second-order valence-electron chi connectivity index (χ2n) is 5.29. The van der Waals surface area contributed by atoms with Gasteiger partial charge in [0, 0.05) is 19.0 Å². The lowest BCUT2D eigenvalue weighted by Crippen LogP contribution is -2.38. The number of alkyl halides is 1. The largest absolute Gasteiger partial charge is 0.370 e. The van der Waals surface area contributed by atoms with Crippen molar-refractivity contribution in [2.24, 2.45) is 11.8 Å². The number of hydrogen-bond acceptors (Lipinski definition) is 2. The third-order valence-electron chi connectivity index (χ3n) is 4.01. The molecule has 2 unspecified atom stereocenters. The van der Waals surface area contributed by atoms with Gasteiger partial charge in [0.05, 0.1) is 11.3 Å². The molecule has 2 rings (SSSR count). The van der Waals surface area contributed by atoms with Crippen LogP contribution in [-0.4, -0.2) is 13.1 Å². The Hall–Kier alpha value is -1.20. The van der Waals surface area contributed by atoms with Crippen LogP contribution in [0.3, 0.4) is 0 Å². The molecule has 96 valence electrons. The van der Waals surface area contributed by atoms with Crippen LogP contribution in [0.4, 0.5) is 5.69 Å². The zero-order valence-corrected chi connectivity index (χ0v) is 11.7. The second-order valence-corrected chi connectivity index (χ2v) is 5.55. The fraction of sp³-hybridized carbons (Fsp3) is 0.533. The van der Waals surface area contributed by atoms with E-state index in [4.69, 9.17) is 11.6 Å². The fourth-order valence-electron chi connectivity index (χ4n) is 2.51. The molecule has 0 radical (unpaired) electrons. The van der Waals surface area contributed by atoms with Crippen LogP contribution in [0.25, 0.3) is 0 Å². The summed E-state index contributed by atoms with van der Waals surface area (Å²) in [5.41, 5.74) is 2.82. The summed E-state index contributed by atoms with van der Waals surface area (Å²) < 4.78 is 0. The summed E-state index contributed by atoms with van der Waals surface area (Å²) in [6, 6.07) is 8.26. The summed E-state index contributed by atoms with van der Waals surface area (Å²) in [4.78, 5) is 2.33. The average Bonchev–Trinajstić information content (AvgIpc) is 2.41. The highest BCUT2D eigenvalue weighted by Gasteiger charge is 2.24. The van der Waals surface area contributed by atoms with Crippen molar-refractivity contribution in [1.29, 1.82) is 5.26 Å². The summed E-state index contributed by atoms with van der Waals surface area (Å²) in [6.07, 6.45) is 1.20. The number of nitriles is 1. The summed E-state index contributed by atoms with van der Waals surface area (Å²) in [5.74, 6) is 1.91. The lowest BCUT2D eigenvalue weighted by Gasteiger charge is -2.37. The van der Waals surface area contributed by atoms with Gasteiger partial charge in [-0.3, -0.25) is 0 Å². The Morgan fingerprint density at radius 3 is 2.78 bits per heavy atom. The number of benzene rings is 1. The zero-order valence-electron chi connectivity index (χ0n) is 11.0. The van der Waals surface area contributed by atoms with E-state index < -0.39 is 0 Å². The van der Waals surface area contributed by atoms with Crippen molar-refractivity contribution in [1.82, 2.24) is 0 Å². The number of piperidine rings is 1. The minimum absolute atomic E-state index is 0.461. The maximum Gasteiger partial charge on any atom is 0.101 e. The number of nitrogens with zero attached hydrogens (tertiary/aromatic N) is 2. The summed E-state index contributed by atoms with van der Waals surface area (Å²) in [5, 5.41) is 9.27. The third-order valence-corrected chi connectivity index (χ3v) is 4.32. The second kappa shape index (κ2) is 5.63. The molecule has 2 atom stereocenters. The molecule has 1 aliphatic heterocycles. The molecule has 1 fully saturated rings. The van der Waals surface area contributed by atoms with Crippen LogP contribution < -0.4 is 4.90 Å². The van der Waals surface area contributed by atoms with Crippen LogP contribution in [0.15, 0.2) is 18.2 Å². The van der Waals surface area contributed by atoms with Crippen molar-refractivity contribution in [3.63, 3.8) is 0 Å². The lowest BCUT2D eigenvalue weighted by molar-refractivity contribution is 0.324. The normalized spacial score (nSPS) is 23.8. The van der Waals surface area contributed by atoms with Gasteiger partial charge in [-0.1, -0.05) is 19.9 Å². The Bertz CT molecular complexity index is 464. The van der Waals surface area contributed by atoms with E-state index in [0.29, 0.717) is 11.8 Å². The summed E-state index contributed by atoms with van der Waals surface area (Å²) in [7, 11) is 0. The first kappa shape index (κ1) is 13.2. The van der Waals surface area contributed by atoms with Gasteiger partial charge in [0.25, 0.3) is 0 Å². The fourth-order valence-corrected chi connectivity index (χ4v) is 2.68. The van der Waals surface area contributed by atoms with Gasteiger partial charge in [-0.05, 0) is 36.0 Å². The van der Waals surface area contributed by atoms with E-state index in [1.165, 1.54) is 6.42 Å². The van der Waals surface area contributed by atoms with Crippen LogP contribution in [0.5, 0.6) is 0 Å². The molecule has 1 saturated heterocycles. The zero-order chi connectivity index (χ0) is 13.1. The van der Waals surface area contributed by atoms with Gasteiger partial charge in [-0.2, -0.15) is 5.26 Å². The number of hydrogen-bond donors (Lipinski definition) is 0. The molecule has 0 aliphatic carbocycles. The first-order chi connectivity index (χ1) is 8.65. The monoisotopic (exact) mass is 262 g/mol. The van der Waals surface area contributed by atoms with Crippen molar-refractivity contribution < 1.29 is 0 Å². The van der Waals surface area contributed by atoms with Crippen molar-refractivity contribution in [2.45, 2.75) is 26.1 Å². The van der Waals surface area contributed by atoms with Gasteiger partial charge in [0.1, 0.15) is 6.07 Å². The van der Waals surface area contributed by atoms with Crippen molar-refractivity contribution in [3.05, 3.63) is 29.3 Å². The van der Waals surface area contributed by atoms with Crippen LogP contribution in [-0.2, 0) is 5.88 Å². The van der Waals surface area contributed by atoms with E-state index in [-0.39, 0.29) is 0 Å². The molecule has 2 nitrogen and oxygen atoms in total.